The summed E-state index contributed by atoms with van der Waals surface area (Å²) in [5, 5.41) is 43.3. The molecule has 0 unspecified atom stereocenters. The van der Waals surface area contributed by atoms with E-state index in [1.165, 1.54) is 11.0 Å². The van der Waals surface area contributed by atoms with Crippen molar-refractivity contribution in [1.82, 2.24) is 4.90 Å². The molecular formula is C27H36IN3O7. The van der Waals surface area contributed by atoms with Crippen LogP contribution >= 0.6 is 19.8 Å². The van der Waals surface area contributed by atoms with Crippen molar-refractivity contribution < 1.29 is 34.8 Å². The first-order chi connectivity index (χ1) is 17.8. The first-order valence-electron chi connectivity index (χ1n) is 11.8. The number of carbonyl (C=O) groups is 3. The van der Waals surface area contributed by atoms with Gasteiger partial charge in [0.15, 0.2) is 0 Å². The van der Waals surface area contributed by atoms with E-state index in [1.807, 2.05) is 21.2 Å². The summed E-state index contributed by atoms with van der Waals surface area (Å²) in [6.45, 7) is 5.51. The second kappa shape index (κ2) is 13.6. The number of likely N-dealkylation sites (N-methyl/N-ethyl adjacent to an activating group) is 1. The third-order valence-electron chi connectivity index (χ3n) is 6.32. The number of amides is 1. The fourth-order valence-corrected chi connectivity index (χ4v) is 8.57. The predicted molar refractivity (Wildman–Crippen MR) is 154 cm³/mol. The third kappa shape index (κ3) is 7.68. The molecule has 1 amide bonds. The summed E-state index contributed by atoms with van der Waals surface area (Å²) < 4.78 is 4.51. The molecule has 208 valence electrons. The molecule has 1 heterocycles. The maximum absolute atomic E-state index is 13.2. The number of rotatable bonds is 5. The van der Waals surface area contributed by atoms with Crippen molar-refractivity contribution in [1.29, 1.82) is 0 Å². The first kappa shape index (κ1) is 31.1. The average Bonchev–Trinajstić information content (AvgIpc) is 2.81. The molecule has 0 aromatic carbocycles. The van der Waals surface area contributed by atoms with Gasteiger partial charge in [0.25, 0.3) is 0 Å². The number of fused-ring (bicyclic) bond motifs is 1. The fraction of sp³-hybridized carbons (Fsp3) is 0.370. The van der Waals surface area contributed by atoms with Crippen LogP contribution in [0.25, 0.3) is 0 Å². The molecule has 1 aliphatic carbocycles. The van der Waals surface area contributed by atoms with E-state index in [9.17, 15) is 34.8 Å². The second-order valence-electron chi connectivity index (χ2n) is 9.27. The van der Waals surface area contributed by atoms with Crippen LogP contribution in [0, 0.1) is 5.92 Å². The van der Waals surface area contributed by atoms with Crippen molar-refractivity contribution in [3.8, 4) is 0 Å². The van der Waals surface area contributed by atoms with Crippen molar-refractivity contribution in [2.75, 3.05) is 18.5 Å². The van der Waals surface area contributed by atoms with Gasteiger partial charge in [-0.3, -0.25) is 0 Å². The first-order valence-corrected chi connectivity index (χ1v) is 15.9. The molecule has 2 aliphatic rings. The maximum atomic E-state index is 13.2. The second-order valence-corrected chi connectivity index (χ2v) is 14.3. The SMILES string of the molecule is C=C/C(N)=C(C)\C=C/I1/C=C\C(O)=C\C(=O)/C2=C(\O)CC(=O)/C(C(N)=O)=C(/O)[C@@H](N(C)C)[C@@H](O)C[C@@H]2CC1. The van der Waals surface area contributed by atoms with Crippen LogP contribution in [0.4, 0.5) is 0 Å². The molecule has 1 aliphatic heterocycles. The Bertz CT molecular complexity index is 1180. The van der Waals surface area contributed by atoms with Crippen molar-refractivity contribution in [3.63, 3.8) is 0 Å². The van der Waals surface area contributed by atoms with Crippen LogP contribution in [-0.4, -0.2) is 73.5 Å². The number of aliphatic hydroxyl groups excluding tert-OH is 4. The summed E-state index contributed by atoms with van der Waals surface area (Å²) in [7, 11) is 3.10. The Labute approximate surface area is 229 Å². The van der Waals surface area contributed by atoms with Crippen molar-refractivity contribution in [3.05, 3.63) is 78.7 Å². The number of Topliss-reactive ketones (excluding diaryl/α,β-unsaturated/α-hetero) is 1. The van der Waals surface area contributed by atoms with Gasteiger partial charge in [0.05, 0.1) is 0 Å². The van der Waals surface area contributed by atoms with Crippen molar-refractivity contribution >= 4 is 37.3 Å². The number of allylic oxidation sites excluding steroid dienone is 7. The van der Waals surface area contributed by atoms with Crippen LogP contribution in [0.5, 0.6) is 0 Å². The number of ketones is 2. The van der Waals surface area contributed by atoms with E-state index in [0.29, 0.717) is 16.5 Å². The van der Waals surface area contributed by atoms with Crippen molar-refractivity contribution in [2.24, 2.45) is 17.4 Å². The van der Waals surface area contributed by atoms with E-state index in [4.69, 9.17) is 11.5 Å². The molecular weight excluding hydrogens is 605 g/mol. The van der Waals surface area contributed by atoms with Gasteiger partial charge in [-0.05, 0) is 0 Å². The van der Waals surface area contributed by atoms with Crippen LogP contribution in [-0.2, 0) is 14.4 Å². The molecule has 0 aromatic heterocycles. The summed E-state index contributed by atoms with van der Waals surface area (Å²) in [5.74, 6) is -5.26. The van der Waals surface area contributed by atoms with Crippen LogP contribution in [0.2, 0.25) is 0 Å². The molecule has 8 N–H and O–H groups in total. The van der Waals surface area contributed by atoms with Gasteiger partial charge in [0.2, 0.25) is 0 Å². The van der Waals surface area contributed by atoms with Gasteiger partial charge >= 0.3 is 230 Å². The summed E-state index contributed by atoms with van der Waals surface area (Å²) in [6, 6.07) is -1.17. The minimum absolute atomic E-state index is 0.0768. The monoisotopic (exact) mass is 641 g/mol. The molecule has 0 fully saturated rings. The zero-order valence-corrected chi connectivity index (χ0v) is 23.9. The predicted octanol–water partition coefficient (Wildman–Crippen LogP) is 2.73. The Morgan fingerprint density at radius 2 is 1.87 bits per heavy atom. The summed E-state index contributed by atoms with van der Waals surface area (Å²) in [6.07, 6.45) is 4.02. The van der Waals surface area contributed by atoms with Crippen molar-refractivity contribution in [2.45, 2.75) is 38.3 Å². The van der Waals surface area contributed by atoms with E-state index >= 15 is 0 Å². The number of carbonyl (C=O) groups excluding carboxylic acids is 3. The normalized spacial score (nSPS) is 31.8. The number of nitrogens with two attached hydrogens (primary N) is 2. The zero-order chi connectivity index (χ0) is 28.7. The third-order valence-corrected chi connectivity index (χ3v) is 10.8. The van der Waals surface area contributed by atoms with E-state index in [-0.39, 0.29) is 17.8 Å². The van der Waals surface area contributed by atoms with Gasteiger partial charge in [-0.25, -0.2) is 0 Å². The number of hydrogen-bond acceptors (Lipinski definition) is 9. The minimum atomic E-state index is -2.04. The van der Waals surface area contributed by atoms with Gasteiger partial charge in [-0.2, -0.15) is 0 Å². The molecule has 0 saturated heterocycles. The van der Waals surface area contributed by atoms with Gasteiger partial charge in [0.1, 0.15) is 0 Å². The summed E-state index contributed by atoms with van der Waals surface area (Å²) in [4.78, 5) is 39.6. The van der Waals surface area contributed by atoms with Crippen LogP contribution in [0.15, 0.2) is 78.7 Å². The topological polar surface area (TPSA) is 187 Å². The molecule has 0 bridgehead atoms. The zero-order valence-electron chi connectivity index (χ0n) is 21.7. The standard InChI is InChI=1S/C27H36IN3O7/c1-5-18(29)15(2)6-9-28-10-7-16-12-22(36)25(31(3)4)26(37)24(27(30)38)21(35)14-20(34)23(16)19(33)13-17(32)8-11-28/h5-6,8-9,11,13,16,22,25,32,34,36-37H,1,7,10,12,14,29H2,2-4H3,(H2,30,38)/b9-6-,11-8-,17-13-,18-15+,23-20-,26-24-/t16-,22-,25-/m0/s1. The summed E-state index contributed by atoms with van der Waals surface area (Å²) >= 11 is -2.04. The number of aliphatic hydroxyl groups is 4. The Morgan fingerprint density at radius 1 is 1.21 bits per heavy atom. The van der Waals surface area contributed by atoms with E-state index < -0.39 is 78.9 Å². The average molecular weight is 642 g/mol. The van der Waals surface area contributed by atoms with Crippen LogP contribution < -0.4 is 11.5 Å². The number of nitrogens with zero attached hydrogens (tertiary/aromatic N) is 1. The Balaban J connectivity index is 2.65. The number of primary amides is 1. The van der Waals surface area contributed by atoms with Crippen LogP contribution in [0.1, 0.15) is 26.2 Å². The van der Waals surface area contributed by atoms with Gasteiger partial charge in [-0.15, -0.1) is 0 Å². The number of alkyl halides is 1. The van der Waals surface area contributed by atoms with E-state index in [2.05, 4.69) is 6.58 Å². The van der Waals surface area contributed by atoms with Gasteiger partial charge < -0.3 is 0 Å². The van der Waals surface area contributed by atoms with Crippen LogP contribution in [0.3, 0.4) is 0 Å². The molecule has 3 atom stereocenters. The summed E-state index contributed by atoms with van der Waals surface area (Å²) in [5.41, 5.74) is 11.7. The Morgan fingerprint density at radius 3 is 2.45 bits per heavy atom. The van der Waals surface area contributed by atoms with E-state index in [1.54, 1.807) is 20.2 Å². The number of halogens is 1. The molecule has 38 heavy (non-hydrogen) atoms. The molecule has 0 saturated carbocycles. The molecule has 0 spiro atoms. The number of hydrogen-bond donors (Lipinski definition) is 6. The van der Waals surface area contributed by atoms with Gasteiger partial charge in [0, 0.05) is 0 Å². The Hall–Kier alpha value is -3.16. The molecule has 10 nitrogen and oxygen atoms in total. The quantitative estimate of drug-likeness (QED) is 0.114. The Kier molecular flexibility index (Phi) is 11.1. The molecule has 0 radical (unpaired) electrons. The molecule has 0 aromatic rings. The fourth-order valence-electron chi connectivity index (χ4n) is 4.30. The van der Waals surface area contributed by atoms with Gasteiger partial charge in [-0.1, -0.05) is 0 Å². The van der Waals surface area contributed by atoms with E-state index in [0.717, 1.165) is 11.6 Å². The molecule has 11 heteroatoms. The molecule has 2 rings (SSSR count).